The number of para-hydroxylation sites is 1. The first-order valence-electron chi connectivity index (χ1n) is 19.0. The molecule has 0 spiro atoms. The van der Waals surface area contributed by atoms with Crippen molar-refractivity contribution < 1.29 is 33.9 Å². The van der Waals surface area contributed by atoms with Crippen LogP contribution in [-0.2, 0) is 25.6 Å². The minimum absolute atomic E-state index is 0.0337. The van der Waals surface area contributed by atoms with Crippen molar-refractivity contribution >= 4 is 29.3 Å². The van der Waals surface area contributed by atoms with Gasteiger partial charge in [0.15, 0.2) is 0 Å². The molecule has 1 heterocycles. The van der Waals surface area contributed by atoms with E-state index < -0.39 is 52.3 Å². The van der Waals surface area contributed by atoms with E-state index in [1.54, 1.807) is 6.07 Å². The Balaban J connectivity index is 1.85. The number of hydrogen-bond acceptors (Lipinski definition) is 9. The highest BCUT2D eigenvalue weighted by Gasteiger charge is 2.58. The number of benzene rings is 2. The van der Waals surface area contributed by atoms with Crippen LogP contribution in [0.3, 0.4) is 0 Å². The first-order valence-corrected chi connectivity index (χ1v) is 19.0. The SMILES string of the molecule is CC(=O)N(C(=O)[C@@H](N)Cc1ccccc1)[C@](CC(C)C)(C(=O)N[C@@H](CC1CCCCC1)[C@@H](O)CC(=O)NCC(C)C)C1COc2c1cccc2[N+](=O)[O-]. The highest BCUT2D eigenvalue weighted by molar-refractivity contribution is 6.04. The minimum atomic E-state index is -1.99. The number of nitrogens with one attached hydrogen (secondary N) is 2. The van der Waals surface area contributed by atoms with Crippen molar-refractivity contribution in [3.8, 4) is 5.75 Å². The minimum Gasteiger partial charge on any atom is -0.486 e. The second kappa shape index (κ2) is 18.6. The summed E-state index contributed by atoms with van der Waals surface area (Å²) in [5.41, 5.74) is 5.34. The van der Waals surface area contributed by atoms with Crippen LogP contribution in [0.4, 0.5) is 5.69 Å². The predicted molar refractivity (Wildman–Crippen MR) is 201 cm³/mol. The van der Waals surface area contributed by atoms with Crippen molar-refractivity contribution in [2.24, 2.45) is 23.5 Å². The normalized spacial score (nSPS) is 18.6. The average molecular weight is 736 g/mol. The van der Waals surface area contributed by atoms with E-state index in [2.05, 4.69) is 10.6 Å². The van der Waals surface area contributed by atoms with Crippen LogP contribution >= 0.6 is 0 Å². The van der Waals surface area contributed by atoms with Crippen LogP contribution in [0.15, 0.2) is 48.5 Å². The highest BCUT2D eigenvalue weighted by atomic mass is 16.6. The van der Waals surface area contributed by atoms with Crippen LogP contribution in [0, 0.1) is 27.9 Å². The molecule has 5 atom stereocenters. The molecule has 2 aliphatic rings. The first-order chi connectivity index (χ1) is 25.1. The maximum absolute atomic E-state index is 15.4. The van der Waals surface area contributed by atoms with Gasteiger partial charge in [-0.25, -0.2) is 0 Å². The average Bonchev–Trinajstić information content (AvgIpc) is 3.55. The molecule has 0 bridgehead atoms. The van der Waals surface area contributed by atoms with Crippen molar-refractivity contribution in [3.63, 3.8) is 0 Å². The summed E-state index contributed by atoms with van der Waals surface area (Å²) in [6.07, 6.45) is 3.79. The van der Waals surface area contributed by atoms with E-state index in [1.807, 2.05) is 58.0 Å². The number of fused-ring (bicyclic) bond motifs is 1. The zero-order chi connectivity index (χ0) is 38.9. The summed E-state index contributed by atoms with van der Waals surface area (Å²) >= 11 is 0. The van der Waals surface area contributed by atoms with Gasteiger partial charge in [-0.2, -0.15) is 0 Å². The number of nitro groups is 1. The summed E-state index contributed by atoms with van der Waals surface area (Å²) in [7, 11) is 0. The van der Waals surface area contributed by atoms with Gasteiger partial charge in [-0.1, -0.05) is 102 Å². The number of amides is 4. The number of imide groups is 1. The number of nitrogens with zero attached hydrogens (tertiary/aromatic N) is 2. The summed E-state index contributed by atoms with van der Waals surface area (Å²) in [4.78, 5) is 69.4. The summed E-state index contributed by atoms with van der Waals surface area (Å²) < 4.78 is 5.98. The van der Waals surface area contributed by atoms with Crippen molar-refractivity contribution in [2.45, 2.75) is 122 Å². The summed E-state index contributed by atoms with van der Waals surface area (Å²) in [6.45, 7) is 9.02. The molecule has 1 fully saturated rings. The number of aliphatic hydroxyl groups is 1. The van der Waals surface area contributed by atoms with E-state index in [-0.39, 0.29) is 61.0 Å². The topological polar surface area (TPSA) is 194 Å². The van der Waals surface area contributed by atoms with E-state index >= 15 is 4.79 Å². The van der Waals surface area contributed by atoms with Crippen LogP contribution in [0.25, 0.3) is 0 Å². The fraction of sp³-hybridized carbons (Fsp3) is 0.600. The molecule has 0 saturated heterocycles. The van der Waals surface area contributed by atoms with E-state index in [9.17, 15) is 29.6 Å². The smallest absolute Gasteiger partial charge is 0.311 e. The van der Waals surface area contributed by atoms with Crippen molar-refractivity contribution in [1.29, 1.82) is 0 Å². The lowest BCUT2D eigenvalue weighted by Gasteiger charge is -2.47. The lowest BCUT2D eigenvalue weighted by molar-refractivity contribution is -0.385. The number of carbonyl (C=O) groups is 4. The van der Waals surface area contributed by atoms with Crippen LogP contribution in [-0.4, -0.2) is 75.4 Å². The van der Waals surface area contributed by atoms with Gasteiger partial charge in [0, 0.05) is 25.1 Å². The molecular formula is C40H57N5O8. The van der Waals surface area contributed by atoms with E-state index in [0.29, 0.717) is 18.5 Å². The van der Waals surface area contributed by atoms with Gasteiger partial charge in [-0.3, -0.25) is 34.2 Å². The van der Waals surface area contributed by atoms with Crippen molar-refractivity contribution in [2.75, 3.05) is 13.2 Å². The fourth-order valence-corrected chi connectivity index (χ4v) is 8.00. The second-order valence-electron chi connectivity index (χ2n) is 15.6. The lowest BCUT2D eigenvalue weighted by Crippen LogP contribution is -2.69. The Morgan fingerprint density at radius 2 is 1.70 bits per heavy atom. The third kappa shape index (κ3) is 10.2. The number of nitro benzene ring substituents is 1. The van der Waals surface area contributed by atoms with Gasteiger partial charge in [0.25, 0.3) is 0 Å². The molecular weight excluding hydrogens is 678 g/mol. The van der Waals surface area contributed by atoms with Crippen LogP contribution in [0.1, 0.15) is 103 Å². The Kier molecular flexibility index (Phi) is 14.5. The van der Waals surface area contributed by atoms with E-state index in [4.69, 9.17) is 10.5 Å². The maximum atomic E-state index is 15.4. The molecule has 0 aromatic heterocycles. The Morgan fingerprint density at radius 1 is 1.02 bits per heavy atom. The Morgan fingerprint density at radius 3 is 2.30 bits per heavy atom. The lowest BCUT2D eigenvalue weighted by atomic mass is 9.72. The van der Waals surface area contributed by atoms with Gasteiger partial charge in [-0.05, 0) is 42.6 Å². The van der Waals surface area contributed by atoms with Crippen molar-refractivity contribution in [1.82, 2.24) is 15.5 Å². The van der Waals surface area contributed by atoms with Gasteiger partial charge in [-0.15, -0.1) is 0 Å². The molecule has 13 heteroatoms. The van der Waals surface area contributed by atoms with Crippen LogP contribution in [0.5, 0.6) is 5.75 Å². The van der Waals surface area contributed by atoms with Gasteiger partial charge in [0.05, 0.1) is 42.1 Å². The molecule has 0 radical (unpaired) electrons. The fourth-order valence-electron chi connectivity index (χ4n) is 8.00. The molecule has 1 saturated carbocycles. The maximum Gasteiger partial charge on any atom is 0.311 e. The summed E-state index contributed by atoms with van der Waals surface area (Å²) in [6, 6.07) is 11.4. The zero-order valence-corrected chi connectivity index (χ0v) is 31.7. The largest absolute Gasteiger partial charge is 0.486 e. The Labute approximate surface area is 312 Å². The Hall–Kier alpha value is -4.36. The number of carbonyl (C=O) groups excluding carboxylic acids is 4. The third-order valence-corrected chi connectivity index (χ3v) is 10.4. The van der Waals surface area contributed by atoms with Gasteiger partial charge in [0.2, 0.25) is 29.4 Å². The zero-order valence-electron chi connectivity index (χ0n) is 31.7. The standard InChI is InChI=1S/C40H57N5O8/c1-25(2)22-40(31-24-53-37-30(31)17-12-18-34(37)45(51)52,44(27(5)46)38(49)32(41)19-28-13-8-6-9-14-28)39(50)43-33(20-29-15-10-7-11-16-29)35(47)21-36(48)42-23-26(3)4/h6,8-9,12-14,17-18,25-26,29,31-33,35,47H,7,10-11,15-16,19-24,41H2,1-5H3,(H,42,48)(H,43,50)/t31?,32-,33-,35-,40-/m0/s1. The first kappa shape index (κ1) is 41.4. The highest BCUT2D eigenvalue weighted by Crippen LogP contribution is 2.49. The number of aliphatic hydroxyl groups excluding tert-OH is 1. The number of rotatable bonds is 17. The molecule has 1 aliphatic carbocycles. The van der Waals surface area contributed by atoms with Gasteiger partial charge >= 0.3 is 5.69 Å². The molecule has 2 aromatic rings. The molecule has 1 unspecified atom stereocenters. The van der Waals surface area contributed by atoms with Crippen LogP contribution in [0.2, 0.25) is 0 Å². The predicted octanol–water partition coefficient (Wildman–Crippen LogP) is 4.78. The van der Waals surface area contributed by atoms with E-state index in [1.165, 1.54) is 19.1 Å². The summed E-state index contributed by atoms with van der Waals surface area (Å²) in [5.74, 6) is -3.58. The summed E-state index contributed by atoms with van der Waals surface area (Å²) in [5, 5.41) is 29.6. The third-order valence-electron chi connectivity index (χ3n) is 10.4. The molecule has 13 nitrogen and oxygen atoms in total. The molecule has 53 heavy (non-hydrogen) atoms. The molecule has 290 valence electrons. The number of nitrogens with two attached hydrogens (primary N) is 1. The molecule has 4 amide bonds. The van der Waals surface area contributed by atoms with Gasteiger partial charge in [0.1, 0.15) is 5.54 Å². The molecule has 1 aliphatic heterocycles. The number of ether oxygens (including phenoxy) is 1. The number of hydrogen-bond donors (Lipinski definition) is 4. The van der Waals surface area contributed by atoms with Crippen LogP contribution < -0.4 is 21.1 Å². The van der Waals surface area contributed by atoms with E-state index in [0.717, 1.165) is 42.6 Å². The monoisotopic (exact) mass is 735 g/mol. The second-order valence-corrected chi connectivity index (χ2v) is 15.6. The molecule has 4 rings (SSSR count). The van der Waals surface area contributed by atoms with Crippen molar-refractivity contribution in [3.05, 3.63) is 69.8 Å². The molecule has 2 aromatic carbocycles. The quantitative estimate of drug-likeness (QED) is 0.131. The Bertz CT molecular complexity index is 1590. The molecule has 5 N–H and O–H groups in total. The van der Waals surface area contributed by atoms with Gasteiger partial charge < -0.3 is 26.2 Å².